The topological polar surface area (TPSA) is 72.2 Å². The van der Waals surface area contributed by atoms with Crippen LogP contribution in [-0.4, -0.2) is 10.9 Å². The number of aromatic nitrogens is 1. The van der Waals surface area contributed by atoms with Gasteiger partial charge in [-0.15, -0.1) is 0 Å². The van der Waals surface area contributed by atoms with Gasteiger partial charge in [0.15, 0.2) is 5.43 Å². The molecule has 0 aliphatic rings. The van der Waals surface area contributed by atoms with E-state index in [0.717, 1.165) is 0 Å². The highest BCUT2D eigenvalue weighted by Gasteiger charge is 2.11. The van der Waals surface area contributed by atoms with Gasteiger partial charge in [-0.3, -0.25) is 14.6 Å². The molecule has 0 fully saturated rings. The average molecular weight is 377 g/mol. The zero-order valence-corrected chi connectivity index (χ0v) is 14.7. The maximum Gasteiger partial charge on any atom is 0.257 e. The van der Waals surface area contributed by atoms with E-state index in [9.17, 15) is 9.59 Å². The molecule has 132 valence electrons. The van der Waals surface area contributed by atoms with Gasteiger partial charge in [0, 0.05) is 29.7 Å². The maximum absolute atomic E-state index is 12.6. The van der Waals surface area contributed by atoms with Crippen LogP contribution < -0.4 is 10.7 Å². The fourth-order valence-corrected chi connectivity index (χ4v) is 2.96. The molecule has 4 rings (SSSR count). The predicted octanol–water partition coefficient (Wildman–Crippen LogP) is 4.76. The number of nitrogens with zero attached hydrogens (tertiary/aromatic N) is 1. The lowest BCUT2D eigenvalue weighted by molar-refractivity contribution is 0.102. The van der Waals surface area contributed by atoms with Gasteiger partial charge < -0.3 is 9.73 Å². The molecule has 27 heavy (non-hydrogen) atoms. The first-order valence-corrected chi connectivity index (χ1v) is 8.54. The van der Waals surface area contributed by atoms with Crippen molar-refractivity contribution in [2.45, 2.75) is 0 Å². The van der Waals surface area contributed by atoms with Crippen molar-refractivity contribution < 1.29 is 9.21 Å². The minimum atomic E-state index is -0.306. The highest BCUT2D eigenvalue weighted by Crippen LogP contribution is 2.29. The Hall–Kier alpha value is -3.44. The van der Waals surface area contributed by atoms with E-state index in [1.165, 1.54) is 12.3 Å². The molecular formula is C21H13ClN2O3. The molecule has 4 aromatic rings. The van der Waals surface area contributed by atoms with Crippen molar-refractivity contribution in [1.29, 1.82) is 0 Å². The van der Waals surface area contributed by atoms with Gasteiger partial charge in [0.1, 0.15) is 11.3 Å². The number of fused-ring (bicyclic) bond motifs is 1. The van der Waals surface area contributed by atoms with Gasteiger partial charge >= 0.3 is 0 Å². The highest BCUT2D eigenvalue weighted by molar-refractivity contribution is 6.33. The van der Waals surface area contributed by atoms with E-state index in [1.807, 2.05) is 12.1 Å². The Bertz CT molecular complexity index is 1200. The van der Waals surface area contributed by atoms with Crippen LogP contribution in [0.1, 0.15) is 10.4 Å². The molecule has 0 atom stereocenters. The van der Waals surface area contributed by atoms with Crippen LogP contribution in [0.25, 0.3) is 22.3 Å². The molecule has 1 N–H and O–H groups in total. The summed E-state index contributed by atoms with van der Waals surface area (Å²) in [5.41, 5.74) is 1.76. The van der Waals surface area contributed by atoms with Crippen LogP contribution in [0.15, 0.2) is 82.3 Å². The summed E-state index contributed by atoms with van der Waals surface area (Å²) in [5.74, 6) is 0.0878. The summed E-state index contributed by atoms with van der Waals surface area (Å²) in [6.45, 7) is 0. The molecule has 5 nitrogen and oxygen atoms in total. The van der Waals surface area contributed by atoms with Crippen LogP contribution in [0.3, 0.4) is 0 Å². The lowest BCUT2D eigenvalue weighted by Crippen LogP contribution is -2.12. The third kappa shape index (κ3) is 3.45. The summed E-state index contributed by atoms with van der Waals surface area (Å²) in [6.07, 6.45) is 3.06. The van der Waals surface area contributed by atoms with Crippen LogP contribution >= 0.6 is 11.6 Å². The van der Waals surface area contributed by atoms with Crippen molar-refractivity contribution in [1.82, 2.24) is 4.98 Å². The predicted molar refractivity (Wildman–Crippen MR) is 105 cm³/mol. The van der Waals surface area contributed by atoms with Crippen molar-refractivity contribution in [3.63, 3.8) is 0 Å². The number of nitrogens with one attached hydrogen (secondary N) is 1. The van der Waals surface area contributed by atoms with Gasteiger partial charge in [0.25, 0.3) is 5.91 Å². The molecule has 0 saturated heterocycles. The number of anilines is 1. The van der Waals surface area contributed by atoms with Crippen molar-refractivity contribution in [3.8, 4) is 11.3 Å². The summed E-state index contributed by atoms with van der Waals surface area (Å²) in [5, 5.41) is 3.62. The molecule has 0 aliphatic heterocycles. The van der Waals surface area contributed by atoms with Gasteiger partial charge in [-0.25, -0.2) is 0 Å². The molecule has 0 spiro atoms. The second-order valence-electron chi connectivity index (χ2n) is 5.86. The minimum Gasteiger partial charge on any atom is -0.456 e. The van der Waals surface area contributed by atoms with Gasteiger partial charge in [-0.1, -0.05) is 23.7 Å². The van der Waals surface area contributed by atoms with Gasteiger partial charge in [-0.05, 0) is 42.5 Å². The van der Waals surface area contributed by atoms with Crippen LogP contribution in [0, 0.1) is 0 Å². The highest BCUT2D eigenvalue weighted by atomic mass is 35.5. The molecule has 6 heteroatoms. The van der Waals surface area contributed by atoms with Gasteiger partial charge in [0.2, 0.25) is 0 Å². The first-order valence-electron chi connectivity index (χ1n) is 8.16. The number of rotatable bonds is 3. The van der Waals surface area contributed by atoms with E-state index in [2.05, 4.69) is 10.3 Å². The van der Waals surface area contributed by atoms with Crippen molar-refractivity contribution >= 4 is 34.2 Å². The minimum absolute atomic E-state index is 0.219. The van der Waals surface area contributed by atoms with E-state index >= 15 is 0 Å². The van der Waals surface area contributed by atoms with Gasteiger partial charge in [-0.2, -0.15) is 0 Å². The fraction of sp³-hybridized carbons (Fsp3) is 0. The van der Waals surface area contributed by atoms with E-state index in [-0.39, 0.29) is 11.3 Å². The van der Waals surface area contributed by atoms with Crippen molar-refractivity contribution in [2.75, 3.05) is 5.32 Å². The number of benzene rings is 2. The Balaban J connectivity index is 1.71. The third-order valence-electron chi connectivity index (χ3n) is 4.05. The summed E-state index contributed by atoms with van der Waals surface area (Å²) in [4.78, 5) is 28.7. The third-order valence-corrected chi connectivity index (χ3v) is 4.38. The zero-order chi connectivity index (χ0) is 18.8. The SMILES string of the molecule is O=C(Nc1ccc2oc(-c3ccccc3Cl)cc(=O)c2c1)c1cccnc1. The summed E-state index contributed by atoms with van der Waals surface area (Å²) in [7, 11) is 0. The summed E-state index contributed by atoms with van der Waals surface area (Å²) in [6, 6.07) is 16.8. The normalized spacial score (nSPS) is 10.7. The fourth-order valence-electron chi connectivity index (χ4n) is 2.73. The number of halogens is 1. The number of carbonyl (C=O) groups excluding carboxylic acids is 1. The second-order valence-corrected chi connectivity index (χ2v) is 6.27. The van der Waals surface area contributed by atoms with Crippen LogP contribution in [0.4, 0.5) is 5.69 Å². The number of carbonyl (C=O) groups is 1. The molecule has 0 saturated carbocycles. The molecule has 2 heterocycles. The van der Waals surface area contributed by atoms with E-state index in [1.54, 1.807) is 48.7 Å². The molecule has 0 bridgehead atoms. The zero-order valence-electron chi connectivity index (χ0n) is 14.0. The smallest absolute Gasteiger partial charge is 0.257 e. The molecule has 1 amide bonds. The Morgan fingerprint density at radius 3 is 2.67 bits per heavy atom. The largest absolute Gasteiger partial charge is 0.456 e. The maximum atomic E-state index is 12.6. The Labute approximate surface area is 159 Å². The van der Waals surface area contributed by atoms with E-state index < -0.39 is 0 Å². The van der Waals surface area contributed by atoms with Crippen molar-refractivity contribution in [2.24, 2.45) is 0 Å². The van der Waals surface area contributed by atoms with Gasteiger partial charge in [0.05, 0.1) is 16.0 Å². The van der Waals surface area contributed by atoms with Crippen LogP contribution in [0.2, 0.25) is 5.02 Å². The molecular weight excluding hydrogens is 364 g/mol. The molecule has 0 unspecified atom stereocenters. The summed E-state index contributed by atoms with van der Waals surface area (Å²) >= 11 is 6.19. The lowest BCUT2D eigenvalue weighted by Gasteiger charge is -2.08. The summed E-state index contributed by atoms with van der Waals surface area (Å²) < 4.78 is 5.85. The standard InChI is InChI=1S/C21H13ClN2O3/c22-17-6-2-1-5-15(17)20-11-18(25)16-10-14(7-8-19(16)27-20)24-21(26)13-4-3-9-23-12-13/h1-12H,(H,24,26). The number of hydrogen-bond donors (Lipinski definition) is 1. The Morgan fingerprint density at radius 2 is 1.89 bits per heavy atom. The molecule has 2 aromatic heterocycles. The first-order chi connectivity index (χ1) is 13.1. The quantitative estimate of drug-likeness (QED) is 0.559. The Morgan fingerprint density at radius 1 is 1.04 bits per heavy atom. The molecule has 2 aromatic carbocycles. The van der Waals surface area contributed by atoms with E-state index in [0.29, 0.717) is 38.6 Å². The average Bonchev–Trinajstić information content (AvgIpc) is 2.69. The van der Waals surface area contributed by atoms with Crippen LogP contribution in [-0.2, 0) is 0 Å². The lowest BCUT2D eigenvalue weighted by atomic mass is 10.1. The van der Waals surface area contributed by atoms with Crippen molar-refractivity contribution in [3.05, 3.63) is 93.9 Å². The molecule has 0 radical (unpaired) electrons. The molecule has 0 aliphatic carbocycles. The number of amides is 1. The monoisotopic (exact) mass is 376 g/mol. The first kappa shape index (κ1) is 17.0. The second kappa shape index (κ2) is 7.05. The number of pyridine rings is 1. The Kier molecular flexibility index (Phi) is 4.44. The van der Waals surface area contributed by atoms with Crippen LogP contribution in [0.5, 0.6) is 0 Å². The number of hydrogen-bond acceptors (Lipinski definition) is 4. The van der Waals surface area contributed by atoms with E-state index in [4.69, 9.17) is 16.0 Å².